The van der Waals surface area contributed by atoms with E-state index in [4.69, 9.17) is 0 Å². The molecule has 1 unspecified atom stereocenters. The van der Waals surface area contributed by atoms with Gasteiger partial charge in [-0.15, -0.1) is 6.58 Å². The molecule has 0 aromatic rings. The molecule has 1 N–H and O–H groups in total. The predicted molar refractivity (Wildman–Crippen MR) is 47.1 cm³/mol. The molecule has 0 aliphatic heterocycles. The summed E-state index contributed by atoms with van der Waals surface area (Å²) in [6.07, 6.45) is 5.73. The van der Waals surface area contributed by atoms with Crippen molar-refractivity contribution in [1.29, 1.82) is 0 Å². The molecular formula is C9H19N. The second-order valence-electron chi connectivity index (χ2n) is 2.69. The average Bonchev–Trinajstić information content (AvgIpc) is 1.98. The molecule has 0 aromatic carbocycles. The van der Waals surface area contributed by atoms with Gasteiger partial charge >= 0.3 is 0 Å². The van der Waals surface area contributed by atoms with Gasteiger partial charge in [-0.25, -0.2) is 0 Å². The van der Waals surface area contributed by atoms with Crippen LogP contribution in [0.5, 0.6) is 0 Å². The Kier molecular flexibility index (Phi) is 6.61. The van der Waals surface area contributed by atoms with E-state index in [1.165, 1.54) is 12.8 Å². The maximum absolute atomic E-state index is 3.74. The fourth-order valence-electron chi connectivity index (χ4n) is 1.07. The highest BCUT2D eigenvalue weighted by Crippen LogP contribution is 2.11. The van der Waals surface area contributed by atoms with Gasteiger partial charge in [-0.2, -0.15) is 0 Å². The first-order valence-electron chi connectivity index (χ1n) is 4.10. The molecule has 60 valence electrons. The summed E-state index contributed by atoms with van der Waals surface area (Å²) in [6.45, 7) is 7.11. The van der Waals surface area contributed by atoms with Gasteiger partial charge in [-0.1, -0.05) is 19.4 Å². The van der Waals surface area contributed by atoms with E-state index in [1.807, 2.05) is 13.1 Å². The zero-order chi connectivity index (χ0) is 7.82. The Labute approximate surface area is 64.5 Å². The zero-order valence-corrected chi connectivity index (χ0v) is 7.19. The van der Waals surface area contributed by atoms with E-state index in [1.54, 1.807) is 0 Å². The van der Waals surface area contributed by atoms with Crippen LogP contribution in [-0.2, 0) is 0 Å². The number of rotatable bonds is 6. The van der Waals surface area contributed by atoms with Crippen molar-refractivity contribution in [3.8, 4) is 0 Å². The number of hydrogen-bond donors (Lipinski definition) is 1. The van der Waals surface area contributed by atoms with E-state index in [0.29, 0.717) is 0 Å². The van der Waals surface area contributed by atoms with Gasteiger partial charge in [-0.05, 0) is 32.4 Å². The predicted octanol–water partition coefficient (Wildman–Crippen LogP) is 2.20. The van der Waals surface area contributed by atoms with Gasteiger partial charge in [0.25, 0.3) is 0 Å². The Hall–Kier alpha value is -0.300. The number of hydrogen-bond acceptors (Lipinski definition) is 1. The molecule has 1 heteroatoms. The summed E-state index contributed by atoms with van der Waals surface area (Å²) >= 11 is 0. The van der Waals surface area contributed by atoms with Crippen molar-refractivity contribution in [2.24, 2.45) is 5.92 Å². The highest BCUT2D eigenvalue weighted by Gasteiger charge is 2.01. The van der Waals surface area contributed by atoms with Crippen LogP contribution in [0.3, 0.4) is 0 Å². The topological polar surface area (TPSA) is 12.0 Å². The third-order valence-electron chi connectivity index (χ3n) is 1.88. The van der Waals surface area contributed by atoms with Crippen LogP contribution in [-0.4, -0.2) is 13.6 Å². The van der Waals surface area contributed by atoms with Crippen molar-refractivity contribution in [3.05, 3.63) is 12.7 Å². The molecule has 0 aliphatic carbocycles. The monoisotopic (exact) mass is 141 g/mol. The molecule has 0 saturated carbocycles. The maximum atomic E-state index is 3.74. The minimum absolute atomic E-state index is 0.838. The second kappa shape index (κ2) is 6.81. The van der Waals surface area contributed by atoms with E-state index in [2.05, 4.69) is 18.8 Å². The molecule has 10 heavy (non-hydrogen) atoms. The van der Waals surface area contributed by atoms with Crippen molar-refractivity contribution in [1.82, 2.24) is 5.32 Å². The van der Waals surface area contributed by atoms with E-state index >= 15 is 0 Å². The van der Waals surface area contributed by atoms with Crippen LogP contribution in [0.15, 0.2) is 12.7 Å². The molecule has 0 rings (SSSR count). The molecule has 0 amide bonds. The second-order valence-corrected chi connectivity index (χ2v) is 2.69. The van der Waals surface area contributed by atoms with Crippen molar-refractivity contribution in [3.63, 3.8) is 0 Å². The number of allylic oxidation sites excluding steroid dienone is 1. The quantitative estimate of drug-likeness (QED) is 0.559. The summed E-state index contributed by atoms with van der Waals surface area (Å²) in [7, 11) is 2.00. The fraction of sp³-hybridized carbons (Fsp3) is 0.778. The lowest BCUT2D eigenvalue weighted by molar-refractivity contribution is 0.467. The van der Waals surface area contributed by atoms with Gasteiger partial charge in [0, 0.05) is 0 Å². The van der Waals surface area contributed by atoms with Gasteiger partial charge in [0.1, 0.15) is 0 Å². The molecule has 0 aromatic heterocycles. The lowest BCUT2D eigenvalue weighted by atomic mass is 9.99. The summed E-state index contributed by atoms with van der Waals surface area (Å²) in [5, 5.41) is 3.16. The van der Waals surface area contributed by atoms with Crippen LogP contribution >= 0.6 is 0 Å². The molecule has 0 aliphatic rings. The van der Waals surface area contributed by atoms with Crippen LogP contribution in [0.25, 0.3) is 0 Å². The minimum Gasteiger partial charge on any atom is -0.320 e. The highest BCUT2D eigenvalue weighted by atomic mass is 14.8. The minimum atomic E-state index is 0.838. The maximum Gasteiger partial charge on any atom is -0.00492 e. The Bertz CT molecular complexity index is 78.8. The molecule has 0 bridgehead atoms. The molecule has 0 saturated heterocycles. The molecule has 1 atom stereocenters. The fourth-order valence-corrected chi connectivity index (χ4v) is 1.07. The van der Waals surface area contributed by atoms with E-state index in [9.17, 15) is 0 Å². The summed E-state index contributed by atoms with van der Waals surface area (Å²) in [5.41, 5.74) is 0. The molecule has 0 heterocycles. The lowest BCUT2D eigenvalue weighted by Crippen LogP contribution is -2.12. The first-order chi connectivity index (χ1) is 4.85. The summed E-state index contributed by atoms with van der Waals surface area (Å²) in [6, 6.07) is 0. The van der Waals surface area contributed by atoms with Gasteiger partial charge < -0.3 is 5.32 Å². The van der Waals surface area contributed by atoms with E-state index in [-0.39, 0.29) is 0 Å². The van der Waals surface area contributed by atoms with Crippen LogP contribution < -0.4 is 5.32 Å². The van der Waals surface area contributed by atoms with Crippen LogP contribution in [0.1, 0.15) is 26.2 Å². The average molecular weight is 141 g/mol. The first-order valence-corrected chi connectivity index (χ1v) is 4.10. The normalized spacial score (nSPS) is 13.0. The Morgan fingerprint density at radius 2 is 2.30 bits per heavy atom. The zero-order valence-electron chi connectivity index (χ0n) is 7.19. The van der Waals surface area contributed by atoms with Crippen molar-refractivity contribution in [2.75, 3.05) is 13.6 Å². The third-order valence-corrected chi connectivity index (χ3v) is 1.88. The third kappa shape index (κ3) is 4.57. The van der Waals surface area contributed by atoms with Crippen LogP contribution in [0, 0.1) is 5.92 Å². The molecular weight excluding hydrogens is 122 g/mol. The Morgan fingerprint density at radius 1 is 1.60 bits per heavy atom. The summed E-state index contributed by atoms with van der Waals surface area (Å²) in [4.78, 5) is 0. The molecule has 0 spiro atoms. The van der Waals surface area contributed by atoms with Gasteiger partial charge in [0.2, 0.25) is 0 Å². The summed E-state index contributed by atoms with van der Waals surface area (Å²) < 4.78 is 0. The van der Waals surface area contributed by atoms with Crippen molar-refractivity contribution in [2.45, 2.75) is 26.2 Å². The van der Waals surface area contributed by atoms with E-state index in [0.717, 1.165) is 18.9 Å². The molecule has 0 fully saturated rings. The molecule has 1 nitrogen and oxygen atoms in total. The first kappa shape index (κ1) is 9.70. The molecule has 0 radical (unpaired) electrons. The van der Waals surface area contributed by atoms with Crippen LogP contribution in [0.2, 0.25) is 0 Å². The summed E-state index contributed by atoms with van der Waals surface area (Å²) in [5.74, 6) is 0.838. The van der Waals surface area contributed by atoms with Gasteiger partial charge in [-0.3, -0.25) is 0 Å². The van der Waals surface area contributed by atoms with Gasteiger partial charge in [0.15, 0.2) is 0 Å². The number of nitrogens with one attached hydrogen (secondary N) is 1. The standard InChI is InChI=1S/C9H19N/c1-4-6-9(5-2)7-8-10-3/h4,9-10H,1,5-8H2,2-3H3. The van der Waals surface area contributed by atoms with E-state index < -0.39 is 0 Å². The Morgan fingerprint density at radius 3 is 2.70 bits per heavy atom. The largest absolute Gasteiger partial charge is 0.320 e. The van der Waals surface area contributed by atoms with Crippen molar-refractivity contribution < 1.29 is 0 Å². The SMILES string of the molecule is C=CCC(CC)CCNC. The van der Waals surface area contributed by atoms with Gasteiger partial charge in [0.05, 0.1) is 0 Å². The van der Waals surface area contributed by atoms with Crippen LogP contribution in [0.4, 0.5) is 0 Å². The Balaban J connectivity index is 3.29. The van der Waals surface area contributed by atoms with Crippen molar-refractivity contribution >= 4 is 0 Å². The lowest BCUT2D eigenvalue weighted by Gasteiger charge is -2.10. The highest BCUT2D eigenvalue weighted by molar-refractivity contribution is 4.72. The smallest absolute Gasteiger partial charge is 0.00492 e.